The van der Waals surface area contributed by atoms with Crippen LogP contribution in [0.25, 0.3) is 21.5 Å². The largest absolute Gasteiger partial charge is 0.374 e. The fourth-order valence-electron chi connectivity index (χ4n) is 2.56. The summed E-state index contributed by atoms with van der Waals surface area (Å²) in [6, 6.07) is 19.6. The first-order valence-corrected chi connectivity index (χ1v) is 8.55. The number of benzene rings is 3. The van der Waals surface area contributed by atoms with Gasteiger partial charge in [0.25, 0.3) is 0 Å². The second kappa shape index (κ2) is 8.12. The van der Waals surface area contributed by atoms with Gasteiger partial charge in [0.05, 0.1) is 6.10 Å². The highest BCUT2D eigenvalue weighted by Crippen LogP contribution is 2.26. The Morgan fingerprint density at radius 3 is 1.87 bits per heavy atom. The number of rotatable bonds is 3. The van der Waals surface area contributed by atoms with Crippen LogP contribution < -0.4 is 0 Å². The van der Waals surface area contributed by atoms with E-state index in [0.29, 0.717) is 0 Å². The van der Waals surface area contributed by atoms with Gasteiger partial charge in [-0.1, -0.05) is 57.2 Å². The fraction of sp³-hybridized carbons (Fsp3) is 0.364. The predicted octanol–water partition coefficient (Wildman–Crippen LogP) is 7.00. The van der Waals surface area contributed by atoms with E-state index in [4.69, 9.17) is 4.74 Å². The minimum Gasteiger partial charge on any atom is -0.374 e. The van der Waals surface area contributed by atoms with Crippen LogP contribution in [0.1, 0.15) is 47.7 Å². The quantitative estimate of drug-likeness (QED) is 0.473. The summed E-state index contributed by atoms with van der Waals surface area (Å²) in [5.41, 5.74) is 1.24. The van der Waals surface area contributed by atoms with E-state index in [-0.39, 0.29) is 7.53 Å². The minimum absolute atomic E-state index is 0. The third-order valence-electron chi connectivity index (χ3n) is 3.61. The SMILES string of the molecule is CC(C)C.CCOC(C)c1ccc2cc3ccccc3cc2c1.[HH]. The molecule has 23 heavy (non-hydrogen) atoms. The van der Waals surface area contributed by atoms with E-state index in [2.05, 4.69) is 82.3 Å². The molecule has 0 heterocycles. The first-order valence-electron chi connectivity index (χ1n) is 8.55. The van der Waals surface area contributed by atoms with Crippen molar-refractivity contribution < 1.29 is 6.16 Å². The summed E-state index contributed by atoms with van der Waals surface area (Å²) in [6.45, 7) is 11.4. The van der Waals surface area contributed by atoms with Crippen molar-refractivity contribution in [1.82, 2.24) is 0 Å². The van der Waals surface area contributed by atoms with Gasteiger partial charge in [-0.3, -0.25) is 0 Å². The van der Waals surface area contributed by atoms with Gasteiger partial charge in [0, 0.05) is 8.03 Å². The van der Waals surface area contributed by atoms with E-state index in [1.165, 1.54) is 27.1 Å². The van der Waals surface area contributed by atoms with Crippen molar-refractivity contribution in [1.29, 1.82) is 0 Å². The molecule has 1 unspecified atom stereocenters. The minimum atomic E-state index is 0. The van der Waals surface area contributed by atoms with Crippen LogP contribution in [-0.2, 0) is 4.74 Å². The van der Waals surface area contributed by atoms with Crippen LogP contribution in [0, 0.1) is 5.92 Å². The summed E-state index contributed by atoms with van der Waals surface area (Å²) in [4.78, 5) is 0. The summed E-state index contributed by atoms with van der Waals surface area (Å²) in [5, 5.41) is 5.14. The van der Waals surface area contributed by atoms with Crippen molar-refractivity contribution in [2.24, 2.45) is 5.92 Å². The van der Waals surface area contributed by atoms with Crippen LogP contribution in [-0.4, -0.2) is 6.61 Å². The molecule has 0 spiro atoms. The lowest BCUT2D eigenvalue weighted by atomic mass is 10.0. The van der Waals surface area contributed by atoms with Gasteiger partial charge in [0.2, 0.25) is 0 Å². The average Bonchev–Trinajstić information content (AvgIpc) is 2.52. The molecule has 1 heteroatoms. The molecular weight excluding hydrogens is 280 g/mol. The van der Waals surface area contributed by atoms with Gasteiger partial charge in [0.1, 0.15) is 0 Å². The molecule has 0 N–H and O–H groups in total. The number of fused-ring (bicyclic) bond motifs is 2. The molecule has 0 aliphatic rings. The first kappa shape index (κ1) is 17.5. The van der Waals surface area contributed by atoms with Crippen LogP contribution in [0.15, 0.2) is 54.6 Å². The van der Waals surface area contributed by atoms with Gasteiger partial charge >= 0.3 is 0 Å². The maximum Gasteiger partial charge on any atom is 0.0796 e. The van der Waals surface area contributed by atoms with Crippen molar-refractivity contribution >= 4 is 21.5 Å². The maximum atomic E-state index is 5.66. The highest BCUT2D eigenvalue weighted by Gasteiger charge is 2.06. The molecule has 1 nitrogen and oxygen atoms in total. The fourth-order valence-corrected chi connectivity index (χ4v) is 2.56. The Morgan fingerprint density at radius 2 is 1.30 bits per heavy atom. The lowest BCUT2D eigenvalue weighted by molar-refractivity contribution is 0.0765. The smallest absolute Gasteiger partial charge is 0.0796 e. The van der Waals surface area contributed by atoms with Gasteiger partial charge < -0.3 is 4.74 Å². The summed E-state index contributed by atoms with van der Waals surface area (Å²) in [6.07, 6.45) is 0.154. The molecule has 0 saturated heterocycles. The molecule has 0 saturated carbocycles. The van der Waals surface area contributed by atoms with Gasteiger partial charge in [-0.15, -0.1) is 0 Å². The maximum absolute atomic E-state index is 5.66. The van der Waals surface area contributed by atoms with E-state index in [0.717, 1.165) is 12.5 Å². The normalized spacial score (nSPS) is 12.3. The van der Waals surface area contributed by atoms with Crippen LogP contribution >= 0.6 is 0 Å². The van der Waals surface area contributed by atoms with Gasteiger partial charge in [-0.25, -0.2) is 0 Å². The van der Waals surface area contributed by atoms with Crippen LogP contribution in [0.2, 0.25) is 0 Å². The number of hydrogen-bond acceptors (Lipinski definition) is 1. The van der Waals surface area contributed by atoms with Gasteiger partial charge in [-0.2, -0.15) is 0 Å². The average molecular weight is 310 g/mol. The van der Waals surface area contributed by atoms with Crippen molar-refractivity contribution in [3.05, 3.63) is 60.2 Å². The zero-order valence-corrected chi connectivity index (χ0v) is 15.0. The number of ether oxygens (including phenoxy) is 1. The van der Waals surface area contributed by atoms with Crippen LogP contribution in [0.3, 0.4) is 0 Å². The Bertz CT molecular complexity index is 761. The van der Waals surface area contributed by atoms with Crippen molar-refractivity contribution in [3.8, 4) is 0 Å². The molecule has 1 atom stereocenters. The van der Waals surface area contributed by atoms with E-state index in [1.807, 2.05) is 6.92 Å². The summed E-state index contributed by atoms with van der Waals surface area (Å²) < 4.78 is 5.66. The monoisotopic (exact) mass is 310 g/mol. The lowest BCUT2D eigenvalue weighted by Gasteiger charge is -2.13. The lowest BCUT2D eigenvalue weighted by Crippen LogP contribution is -1.99. The highest BCUT2D eigenvalue weighted by atomic mass is 16.5. The third-order valence-corrected chi connectivity index (χ3v) is 3.61. The van der Waals surface area contributed by atoms with Crippen molar-refractivity contribution in [2.75, 3.05) is 6.61 Å². The van der Waals surface area contributed by atoms with Gasteiger partial charge in [0.15, 0.2) is 0 Å². The Morgan fingerprint density at radius 1 is 0.783 bits per heavy atom. The summed E-state index contributed by atoms with van der Waals surface area (Å²) >= 11 is 0. The molecule has 0 amide bonds. The summed E-state index contributed by atoms with van der Waals surface area (Å²) in [5.74, 6) is 0.833. The molecule has 0 bridgehead atoms. The molecular formula is C22H30O. The van der Waals surface area contributed by atoms with Crippen LogP contribution in [0.4, 0.5) is 0 Å². The Hall–Kier alpha value is -1.86. The number of hydrogen-bond donors (Lipinski definition) is 0. The third kappa shape index (κ3) is 4.80. The van der Waals surface area contributed by atoms with Crippen molar-refractivity contribution in [3.63, 3.8) is 0 Å². The molecule has 3 aromatic rings. The Kier molecular flexibility index (Phi) is 6.18. The first-order chi connectivity index (χ1) is 11.0. The van der Waals surface area contributed by atoms with E-state index in [1.54, 1.807) is 0 Å². The molecule has 0 aliphatic heterocycles. The predicted molar refractivity (Wildman–Crippen MR) is 104 cm³/mol. The van der Waals surface area contributed by atoms with E-state index >= 15 is 0 Å². The summed E-state index contributed by atoms with van der Waals surface area (Å²) in [7, 11) is 0. The molecule has 0 aromatic heterocycles. The Balaban J connectivity index is 0.000000522. The van der Waals surface area contributed by atoms with E-state index in [9.17, 15) is 0 Å². The standard InChI is InChI=1S/C18H18O.C4H10.H2/c1-3-19-13(2)14-8-9-17-11-15-6-4-5-7-16(15)12-18(17)10-14;1-4(2)3;/h4-13H,3H2,1-2H3;4H,1-3H3;1H. The van der Waals surface area contributed by atoms with Crippen LogP contribution in [0.5, 0.6) is 0 Å². The molecule has 3 rings (SSSR count). The zero-order chi connectivity index (χ0) is 16.8. The van der Waals surface area contributed by atoms with E-state index < -0.39 is 0 Å². The highest BCUT2D eigenvalue weighted by molar-refractivity contribution is 5.98. The molecule has 0 aliphatic carbocycles. The molecule has 124 valence electrons. The van der Waals surface area contributed by atoms with Gasteiger partial charge in [-0.05, 0) is 65.1 Å². The molecule has 0 radical (unpaired) electrons. The topological polar surface area (TPSA) is 9.23 Å². The Labute approximate surface area is 141 Å². The molecule has 3 aromatic carbocycles. The zero-order valence-electron chi connectivity index (χ0n) is 15.0. The van der Waals surface area contributed by atoms with Crippen molar-refractivity contribution in [2.45, 2.75) is 40.7 Å². The molecule has 0 fully saturated rings. The second-order valence-electron chi connectivity index (χ2n) is 6.64. The second-order valence-corrected chi connectivity index (χ2v) is 6.64.